The van der Waals surface area contributed by atoms with E-state index in [-0.39, 0.29) is 0 Å². The summed E-state index contributed by atoms with van der Waals surface area (Å²) in [5.41, 5.74) is 2.26. The third-order valence-corrected chi connectivity index (χ3v) is 2.02. The molecule has 0 atom stereocenters. The molecule has 0 aliphatic carbocycles. The third-order valence-electron chi connectivity index (χ3n) is 1.71. The standard InChI is InChI=1S/C10H13ClO/c1-3-12-10-6-9(7-11)5-4-8(10)2/h4-6H,3,7H2,1-2H3. The van der Waals surface area contributed by atoms with Gasteiger partial charge in [0.25, 0.3) is 0 Å². The molecule has 0 aromatic heterocycles. The van der Waals surface area contributed by atoms with Gasteiger partial charge in [-0.2, -0.15) is 0 Å². The van der Waals surface area contributed by atoms with Gasteiger partial charge in [-0.1, -0.05) is 12.1 Å². The van der Waals surface area contributed by atoms with Crippen molar-refractivity contribution in [2.45, 2.75) is 19.7 Å². The minimum Gasteiger partial charge on any atom is -0.494 e. The Morgan fingerprint density at radius 1 is 1.42 bits per heavy atom. The summed E-state index contributed by atoms with van der Waals surface area (Å²) in [6.45, 7) is 4.71. The van der Waals surface area contributed by atoms with E-state index in [1.165, 1.54) is 0 Å². The van der Waals surface area contributed by atoms with E-state index in [0.717, 1.165) is 16.9 Å². The minimum absolute atomic E-state index is 0.542. The monoisotopic (exact) mass is 184 g/mol. The molecule has 0 aliphatic heterocycles. The zero-order chi connectivity index (χ0) is 8.97. The van der Waals surface area contributed by atoms with Gasteiger partial charge in [-0.05, 0) is 31.0 Å². The molecule has 0 fully saturated rings. The number of benzene rings is 1. The molecular formula is C10H13ClO. The van der Waals surface area contributed by atoms with E-state index in [1.807, 2.05) is 32.0 Å². The van der Waals surface area contributed by atoms with Crippen LogP contribution in [0.4, 0.5) is 0 Å². The van der Waals surface area contributed by atoms with E-state index >= 15 is 0 Å². The van der Waals surface area contributed by atoms with E-state index in [4.69, 9.17) is 16.3 Å². The Labute approximate surface area is 78.3 Å². The van der Waals surface area contributed by atoms with Crippen molar-refractivity contribution in [2.24, 2.45) is 0 Å². The van der Waals surface area contributed by atoms with Gasteiger partial charge in [0.2, 0.25) is 0 Å². The molecule has 0 bridgehead atoms. The minimum atomic E-state index is 0.542. The molecule has 0 N–H and O–H groups in total. The van der Waals surface area contributed by atoms with Crippen molar-refractivity contribution in [2.75, 3.05) is 6.61 Å². The first-order valence-corrected chi connectivity index (χ1v) is 4.59. The first-order chi connectivity index (χ1) is 5.77. The molecule has 1 nitrogen and oxygen atoms in total. The van der Waals surface area contributed by atoms with Crippen molar-refractivity contribution in [3.8, 4) is 5.75 Å². The van der Waals surface area contributed by atoms with Gasteiger partial charge in [0.05, 0.1) is 6.61 Å². The average Bonchev–Trinajstić information content (AvgIpc) is 2.09. The second kappa shape index (κ2) is 4.36. The average molecular weight is 185 g/mol. The molecule has 0 heterocycles. The molecule has 1 aromatic rings. The zero-order valence-corrected chi connectivity index (χ0v) is 8.19. The van der Waals surface area contributed by atoms with Gasteiger partial charge >= 0.3 is 0 Å². The van der Waals surface area contributed by atoms with Gasteiger partial charge in [0.15, 0.2) is 0 Å². The predicted molar refractivity (Wildman–Crippen MR) is 51.9 cm³/mol. The largest absolute Gasteiger partial charge is 0.494 e. The van der Waals surface area contributed by atoms with Crippen LogP contribution in [0.1, 0.15) is 18.1 Å². The van der Waals surface area contributed by atoms with Crippen molar-refractivity contribution < 1.29 is 4.74 Å². The van der Waals surface area contributed by atoms with Gasteiger partial charge < -0.3 is 4.74 Å². The van der Waals surface area contributed by atoms with Gasteiger partial charge in [0.1, 0.15) is 5.75 Å². The molecular weight excluding hydrogens is 172 g/mol. The van der Waals surface area contributed by atoms with E-state index in [9.17, 15) is 0 Å². The molecule has 0 amide bonds. The first kappa shape index (κ1) is 9.40. The number of alkyl halides is 1. The van der Waals surface area contributed by atoms with Crippen LogP contribution in [0.3, 0.4) is 0 Å². The molecule has 0 unspecified atom stereocenters. The van der Waals surface area contributed by atoms with Gasteiger partial charge in [-0.25, -0.2) is 0 Å². The van der Waals surface area contributed by atoms with Crippen LogP contribution in [-0.4, -0.2) is 6.61 Å². The van der Waals surface area contributed by atoms with Crippen LogP contribution in [0.2, 0.25) is 0 Å². The summed E-state index contributed by atoms with van der Waals surface area (Å²) in [7, 11) is 0. The highest BCUT2D eigenvalue weighted by atomic mass is 35.5. The van der Waals surface area contributed by atoms with E-state index in [1.54, 1.807) is 0 Å². The Bertz CT molecular complexity index is 258. The maximum Gasteiger partial charge on any atom is 0.122 e. The van der Waals surface area contributed by atoms with E-state index in [2.05, 4.69) is 0 Å². The predicted octanol–water partition coefficient (Wildman–Crippen LogP) is 3.13. The van der Waals surface area contributed by atoms with Crippen LogP contribution in [0, 0.1) is 6.92 Å². The lowest BCUT2D eigenvalue weighted by Crippen LogP contribution is -1.94. The molecule has 1 rings (SSSR count). The summed E-state index contributed by atoms with van der Waals surface area (Å²) in [5, 5.41) is 0. The number of hydrogen-bond acceptors (Lipinski definition) is 1. The molecule has 66 valence electrons. The van der Waals surface area contributed by atoms with Crippen molar-refractivity contribution in [1.29, 1.82) is 0 Å². The summed E-state index contributed by atoms with van der Waals surface area (Å²) < 4.78 is 5.42. The number of halogens is 1. The number of rotatable bonds is 3. The topological polar surface area (TPSA) is 9.23 Å². The van der Waals surface area contributed by atoms with Crippen LogP contribution in [0.15, 0.2) is 18.2 Å². The van der Waals surface area contributed by atoms with E-state index in [0.29, 0.717) is 12.5 Å². The Balaban J connectivity index is 2.91. The summed E-state index contributed by atoms with van der Waals surface area (Å²) in [4.78, 5) is 0. The molecule has 0 radical (unpaired) electrons. The van der Waals surface area contributed by atoms with Crippen LogP contribution in [0.25, 0.3) is 0 Å². The quantitative estimate of drug-likeness (QED) is 0.656. The van der Waals surface area contributed by atoms with Crippen LogP contribution in [-0.2, 0) is 5.88 Å². The number of hydrogen-bond donors (Lipinski definition) is 0. The van der Waals surface area contributed by atoms with Crippen molar-refractivity contribution in [1.82, 2.24) is 0 Å². The Kier molecular flexibility index (Phi) is 3.42. The lowest BCUT2D eigenvalue weighted by molar-refractivity contribution is 0.337. The fourth-order valence-corrected chi connectivity index (χ4v) is 1.20. The number of aryl methyl sites for hydroxylation is 1. The highest BCUT2D eigenvalue weighted by Crippen LogP contribution is 2.20. The smallest absolute Gasteiger partial charge is 0.122 e. The Morgan fingerprint density at radius 2 is 2.17 bits per heavy atom. The summed E-state index contributed by atoms with van der Waals surface area (Å²) in [5.74, 6) is 1.48. The molecule has 0 spiro atoms. The fourth-order valence-electron chi connectivity index (χ4n) is 1.04. The maximum atomic E-state index is 5.70. The molecule has 1 aromatic carbocycles. The van der Waals surface area contributed by atoms with Crippen molar-refractivity contribution in [3.63, 3.8) is 0 Å². The fraction of sp³-hybridized carbons (Fsp3) is 0.400. The molecule has 0 saturated carbocycles. The van der Waals surface area contributed by atoms with Gasteiger partial charge in [0, 0.05) is 5.88 Å². The van der Waals surface area contributed by atoms with E-state index < -0.39 is 0 Å². The molecule has 2 heteroatoms. The van der Waals surface area contributed by atoms with Gasteiger partial charge in [-0.15, -0.1) is 11.6 Å². The molecule has 0 saturated heterocycles. The Morgan fingerprint density at radius 3 is 2.75 bits per heavy atom. The SMILES string of the molecule is CCOc1cc(CCl)ccc1C. The summed E-state index contributed by atoms with van der Waals surface area (Å²) in [6, 6.07) is 6.04. The number of ether oxygens (including phenoxy) is 1. The maximum absolute atomic E-state index is 5.70. The van der Waals surface area contributed by atoms with Crippen molar-refractivity contribution in [3.05, 3.63) is 29.3 Å². The molecule has 12 heavy (non-hydrogen) atoms. The summed E-state index contributed by atoms with van der Waals surface area (Å²) >= 11 is 5.70. The third kappa shape index (κ3) is 2.15. The van der Waals surface area contributed by atoms with Gasteiger partial charge in [-0.3, -0.25) is 0 Å². The van der Waals surface area contributed by atoms with Crippen LogP contribution >= 0.6 is 11.6 Å². The summed E-state index contributed by atoms with van der Waals surface area (Å²) in [6.07, 6.45) is 0. The first-order valence-electron chi connectivity index (χ1n) is 4.06. The lowest BCUT2D eigenvalue weighted by Gasteiger charge is -2.07. The normalized spacial score (nSPS) is 9.92. The van der Waals surface area contributed by atoms with Crippen LogP contribution < -0.4 is 4.74 Å². The van der Waals surface area contributed by atoms with Crippen molar-refractivity contribution >= 4 is 11.6 Å². The van der Waals surface area contributed by atoms with Crippen LogP contribution in [0.5, 0.6) is 5.75 Å². The Hall–Kier alpha value is -0.690. The highest BCUT2D eigenvalue weighted by Gasteiger charge is 1.99. The second-order valence-electron chi connectivity index (χ2n) is 2.67. The lowest BCUT2D eigenvalue weighted by atomic mass is 10.1. The second-order valence-corrected chi connectivity index (χ2v) is 2.93. The highest BCUT2D eigenvalue weighted by molar-refractivity contribution is 6.17. The zero-order valence-electron chi connectivity index (χ0n) is 7.43. The molecule has 0 aliphatic rings.